The molecule has 0 saturated carbocycles. The molecule has 1 N–H and O–H groups in total. The molecule has 0 aliphatic carbocycles. The molecule has 2 rings (SSSR count). The minimum atomic E-state index is 0.155. The molecule has 0 aromatic heterocycles. The average Bonchev–Trinajstić information content (AvgIpc) is 2.73. The van der Waals surface area contributed by atoms with Crippen LogP contribution in [0.25, 0.3) is 0 Å². The minimum Gasteiger partial charge on any atom is -0.396 e. The van der Waals surface area contributed by atoms with Gasteiger partial charge in [-0.25, -0.2) is 0 Å². The third-order valence-corrected chi connectivity index (χ3v) is 3.68. The van der Waals surface area contributed by atoms with Gasteiger partial charge in [0.25, 0.3) is 0 Å². The van der Waals surface area contributed by atoms with Crippen LogP contribution in [0.3, 0.4) is 0 Å². The molecule has 1 aliphatic heterocycles. The monoisotopic (exact) mass is 254 g/mol. The van der Waals surface area contributed by atoms with E-state index >= 15 is 0 Å². The summed E-state index contributed by atoms with van der Waals surface area (Å²) in [6.07, 6.45) is 3.78. The summed E-state index contributed by atoms with van der Waals surface area (Å²) in [6.45, 7) is 2.27. The fraction of sp³-hybridized carbons (Fsp3) is 0.571. The Morgan fingerprint density at radius 2 is 2.06 bits per heavy atom. The number of hydrogen-bond donors (Lipinski definition) is 1. The summed E-state index contributed by atoms with van der Waals surface area (Å²) in [5.74, 6) is 0.155. The van der Waals surface area contributed by atoms with Crippen molar-refractivity contribution in [3.05, 3.63) is 34.9 Å². The maximum Gasteiger partial charge on any atom is 0.0586 e. The Morgan fingerprint density at radius 3 is 2.59 bits per heavy atom. The van der Waals surface area contributed by atoms with E-state index in [1.54, 1.807) is 0 Å². The molecular formula is C14H19ClO2. The molecule has 0 bridgehead atoms. The number of halogens is 1. The molecule has 1 fully saturated rings. The van der Waals surface area contributed by atoms with Crippen LogP contribution in [0.5, 0.6) is 0 Å². The normalized spacial score (nSPS) is 26.1. The van der Waals surface area contributed by atoms with Gasteiger partial charge in [-0.2, -0.15) is 0 Å². The Hall–Kier alpha value is -0.570. The Balaban J connectivity index is 1.98. The predicted octanol–water partition coefficient (Wildman–Crippen LogP) is 3.37. The van der Waals surface area contributed by atoms with Crippen molar-refractivity contribution in [1.29, 1.82) is 0 Å². The van der Waals surface area contributed by atoms with E-state index < -0.39 is 0 Å². The highest BCUT2D eigenvalue weighted by Crippen LogP contribution is 2.29. The highest BCUT2D eigenvalue weighted by atomic mass is 35.5. The molecule has 3 atom stereocenters. The third kappa shape index (κ3) is 3.44. The third-order valence-electron chi connectivity index (χ3n) is 3.43. The van der Waals surface area contributed by atoms with Gasteiger partial charge in [0, 0.05) is 10.9 Å². The number of aliphatic hydroxyl groups excluding tert-OH is 1. The highest BCUT2D eigenvalue weighted by Gasteiger charge is 2.25. The molecule has 3 unspecified atom stereocenters. The van der Waals surface area contributed by atoms with Crippen molar-refractivity contribution in [2.45, 2.75) is 44.3 Å². The fourth-order valence-corrected chi connectivity index (χ4v) is 2.55. The Morgan fingerprint density at radius 1 is 1.35 bits per heavy atom. The summed E-state index contributed by atoms with van der Waals surface area (Å²) in [7, 11) is 0. The van der Waals surface area contributed by atoms with E-state index in [0.717, 1.165) is 29.8 Å². The summed E-state index contributed by atoms with van der Waals surface area (Å²) in [4.78, 5) is 0. The van der Waals surface area contributed by atoms with Gasteiger partial charge in [-0.05, 0) is 43.9 Å². The lowest BCUT2D eigenvalue weighted by atomic mass is 9.93. The highest BCUT2D eigenvalue weighted by molar-refractivity contribution is 6.30. The van der Waals surface area contributed by atoms with Crippen molar-refractivity contribution in [1.82, 2.24) is 0 Å². The van der Waals surface area contributed by atoms with Crippen molar-refractivity contribution >= 4 is 11.6 Å². The zero-order valence-electron chi connectivity index (χ0n) is 10.1. The number of rotatable bonds is 4. The summed E-state index contributed by atoms with van der Waals surface area (Å²) in [6, 6.07) is 7.72. The summed E-state index contributed by atoms with van der Waals surface area (Å²) < 4.78 is 5.80. The maximum atomic E-state index is 9.49. The van der Waals surface area contributed by atoms with Gasteiger partial charge in [-0.15, -0.1) is 0 Å². The second-order valence-electron chi connectivity index (χ2n) is 4.81. The molecule has 1 saturated heterocycles. The van der Waals surface area contributed by atoms with Crippen LogP contribution in [-0.2, 0) is 4.74 Å². The molecule has 0 spiro atoms. The quantitative estimate of drug-likeness (QED) is 0.893. The Labute approximate surface area is 108 Å². The molecule has 1 aliphatic rings. The maximum absolute atomic E-state index is 9.49. The second-order valence-corrected chi connectivity index (χ2v) is 5.25. The second kappa shape index (κ2) is 5.85. The van der Waals surface area contributed by atoms with Crippen molar-refractivity contribution in [2.24, 2.45) is 0 Å². The van der Waals surface area contributed by atoms with Crippen LogP contribution in [0.4, 0.5) is 0 Å². The van der Waals surface area contributed by atoms with Gasteiger partial charge in [-0.1, -0.05) is 23.7 Å². The van der Waals surface area contributed by atoms with Crippen LogP contribution in [0, 0.1) is 0 Å². The summed E-state index contributed by atoms with van der Waals surface area (Å²) in [5, 5.41) is 10.2. The van der Waals surface area contributed by atoms with Crippen molar-refractivity contribution < 1.29 is 9.84 Å². The average molecular weight is 255 g/mol. The van der Waals surface area contributed by atoms with Gasteiger partial charge in [-0.3, -0.25) is 0 Å². The lowest BCUT2D eigenvalue weighted by Crippen LogP contribution is -2.15. The zero-order chi connectivity index (χ0) is 12.3. The molecule has 3 heteroatoms. The number of ether oxygens (including phenoxy) is 1. The van der Waals surface area contributed by atoms with Crippen LogP contribution >= 0.6 is 11.6 Å². The molecule has 1 aromatic carbocycles. The van der Waals surface area contributed by atoms with Crippen LogP contribution < -0.4 is 0 Å². The van der Waals surface area contributed by atoms with Gasteiger partial charge in [0.15, 0.2) is 0 Å². The standard InChI is InChI=1S/C14H19ClO2/c1-10-2-7-14(17-10)8-12(9-16)11-3-5-13(15)6-4-11/h3-6,10,12,14,16H,2,7-9H2,1H3. The van der Waals surface area contributed by atoms with Crippen LogP contribution in [-0.4, -0.2) is 23.9 Å². The largest absolute Gasteiger partial charge is 0.396 e. The number of benzene rings is 1. The van der Waals surface area contributed by atoms with E-state index in [9.17, 15) is 5.11 Å². The van der Waals surface area contributed by atoms with Crippen molar-refractivity contribution in [3.8, 4) is 0 Å². The fourth-order valence-electron chi connectivity index (χ4n) is 2.43. The molecular weight excluding hydrogens is 236 g/mol. The molecule has 17 heavy (non-hydrogen) atoms. The van der Waals surface area contributed by atoms with E-state index in [1.807, 2.05) is 24.3 Å². The van der Waals surface area contributed by atoms with E-state index in [-0.39, 0.29) is 18.6 Å². The first-order valence-electron chi connectivity index (χ1n) is 6.21. The van der Waals surface area contributed by atoms with Gasteiger partial charge in [0.1, 0.15) is 0 Å². The van der Waals surface area contributed by atoms with Crippen molar-refractivity contribution in [3.63, 3.8) is 0 Å². The molecule has 2 nitrogen and oxygen atoms in total. The minimum absolute atomic E-state index is 0.155. The lowest BCUT2D eigenvalue weighted by Gasteiger charge is -2.19. The van der Waals surface area contributed by atoms with Crippen molar-refractivity contribution in [2.75, 3.05) is 6.61 Å². The molecule has 1 heterocycles. The van der Waals surface area contributed by atoms with Gasteiger partial charge in [0.05, 0.1) is 18.8 Å². The first-order valence-corrected chi connectivity index (χ1v) is 6.58. The van der Waals surface area contributed by atoms with E-state index in [0.29, 0.717) is 6.10 Å². The zero-order valence-corrected chi connectivity index (χ0v) is 10.9. The molecule has 94 valence electrons. The van der Waals surface area contributed by atoms with Crippen LogP contribution in [0.2, 0.25) is 5.02 Å². The number of hydrogen-bond acceptors (Lipinski definition) is 2. The van der Waals surface area contributed by atoms with Gasteiger partial charge >= 0.3 is 0 Å². The molecule has 0 amide bonds. The van der Waals surface area contributed by atoms with Crippen LogP contribution in [0.1, 0.15) is 37.7 Å². The predicted molar refractivity (Wildman–Crippen MR) is 69.5 cm³/mol. The van der Waals surface area contributed by atoms with Gasteiger partial charge < -0.3 is 9.84 Å². The molecule has 1 aromatic rings. The number of aliphatic hydroxyl groups is 1. The van der Waals surface area contributed by atoms with Crippen LogP contribution in [0.15, 0.2) is 24.3 Å². The van der Waals surface area contributed by atoms with Gasteiger partial charge in [0.2, 0.25) is 0 Å². The Kier molecular flexibility index (Phi) is 4.43. The van der Waals surface area contributed by atoms with E-state index in [1.165, 1.54) is 0 Å². The van der Waals surface area contributed by atoms with E-state index in [2.05, 4.69) is 6.92 Å². The molecule has 0 radical (unpaired) electrons. The smallest absolute Gasteiger partial charge is 0.0586 e. The lowest BCUT2D eigenvalue weighted by molar-refractivity contribution is 0.0423. The topological polar surface area (TPSA) is 29.5 Å². The Bertz CT molecular complexity index is 350. The summed E-state index contributed by atoms with van der Waals surface area (Å²) >= 11 is 5.86. The first kappa shape index (κ1) is 12.9. The van der Waals surface area contributed by atoms with E-state index in [4.69, 9.17) is 16.3 Å². The SMILES string of the molecule is CC1CCC(CC(CO)c2ccc(Cl)cc2)O1. The summed E-state index contributed by atoms with van der Waals surface area (Å²) in [5.41, 5.74) is 1.14. The first-order chi connectivity index (χ1) is 8.19.